The molecule has 0 fully saturated rings. The molecule has 0 atom stereocenters. The molecule has 0 amide bonds. The molecule has 0 bridgehead atoms. The number of anilines is 1. The molecule has 0 radical (unpaired) electrons. The monoisotopic (exact) mass is 370 g/mol. The van der Waals surface area contributed by atoms with Crippen LogP contribution >= 0.6 is 23.8 Å². The summed E-state index contributed by atoms with van der Waals surface area (Å²) in [5.41, 5.74) is 6.66. The molecule has 0 aliphatic heterocycles. The Labute approximate surface area is 148 Å². The van der Waals surface area contributed by atoms with E-state index in [4.69, 9.17) is 29.6 Å². The molecule has 2 aromatic rings. The average molecular weight is 371 g/mol. The van der Waals surface area contributed by atoms with Gasteiger partial charge in [-0.15, -0.1) is 6.58 Å². The molecule has 2 nitrogen and oxygen atoms in total. The fraction of sp³-hybridized carbons (Fsp3) is 0.118. The molecule has 0 unspecified atom stereocenters. The largest absolute Gasteiger partial charge is 0.416 e. The van der Waals surface area contributed by atoms with E-state index in [1.807, 2.05) is 0 Å². The predicted molar refractivity (Wildman–Crippen MR) is 96.2 cm³/mol. The topological polar surface area (TPSA) is 38.0 Å². The van der Waals surface area contributed by atoms with E-state index in [-0.39, 0.29) is 5.11 Å². The third-order valence-corrected chi connectivity index (χ3v) is 3.86. The Morgan fingerprint density at radius 3 is 2.58 bits per heavy atom. The molecular weight excluding hydrogens is 357 g/mol. The molecule has 0 aliphatic rings. The molecule has 24 heavy (non-hydrogen) atoms. The Morgan fingerprint density at radius 2 is 2.00 bits per heavy atom. The predicted octanol–water partition coefficient (Wildman–Crippen LogP) is 5.41. The number of nitrogens with two attached hydrogens (primary N) is 1. The van der Waals surface area contributed by atoms with Crippen LogP contribution in [0.2, 0.25) is 5.02 Å². The van der Waals surface area contributed by atoms with Gasteiger partial charge < -0.3 is 11.1 Å². The van der Waals surface area contributed by atoms with E-state index in [9.17, 15) is 13.2 Å². The van der Waals surface area contributed by atoms with Crippen LogP contribution < -0.4 is 11.1 Å². The fourth-order valence-electron chi connectivity index (χ4n) is 2.30. The zero-order valence-corrected chi connectivity index (χ0v) is 14.0. The third kappa shape index (κ3) is 4.07. The smallest absolute Gasteiger partial charge is 0.376 e. The minimum atomic E-state index is -4.45. The normalized spacial score (nSPS) is 11.2. The van der Waals surface area contributed by atoms with Gasteiger partial charge in [0.25, 0.3) is 0 Å². The van der Waals surface area contributed by atoms with Gasteiger partial charge in [-0.25, -0.2) is 0 Å². The average Bonchev–Trinajstić information content (AvgIpc) is 2.49. The Morgan fingerprint density at radius 1 is 1.29 bits per heavy atom. The van der Waals surface area contributed by atoms with Gasteiger partial charge >= 0.3 is 6.18 Å². The highest BCUT2D eigenvalue weighted by Gasteiger charge is 2.30. The lowest BCUT2D eigenvalue weighted by Gasteiger charge is -2.17. The van der Waals surface area contributed by atoms with E-state index in [1.54, 1.807) is 24.3 Å². The summed E-state index contributed by atoms with van der Waals surface area (Å²) in [7, 11) is 0. The van der Waals surface area contributed by atoms with E-state index in [0.29, 0.717) is 28.3 Å². The molecular formula is C17H14ClF3N2S. The van der Waals surface area contributed by atoms with Gasteiger partial charge in [-0.05, 0) is 48.0 Å². The summed E-state index contributed by atoms with van der Waals surface area (Å²) in [5, 5.41) is 3.08. The quantitative estimate of drug-likeness (QED) is 0.558. The van der Waals surface area contributed by atoms with Crippen LogP contribution in [0.5, 0.6) is 0 Å². The summed E-state index contributed by atoms with van der Waals surface area (Å²) in [6, 6.07) is 8.37. The van der Waals surface area contributed by atoms with Gasteiger partial charge in [0.2, 0.25) is 0 Å². The molecule has 0 spiro atoms. The summed E-state index contributed by atoms with van der Waals surface area (Å²) in [6.07, 6.45) is -2.30. The molecule has 2 rings (SSSR count). The van der Waals surface area contributed by atoms with Crippen molar-refractivity contribution in [1.29, 1.82) is 0 Å². The van der Waals surface area contributed by atoms with Crippen molar-refractivity contribution in [3.63, 3.8) is 0 Å². The maximum absolute atomic E-state index is 13.0. The summed E-state index contributed by atoms with van der Waals surface area (Å²) in [5.74, 6) is 0. The van der Waals surface area contributed by atoms with Crippen LogP contribution in [0.3, 0.4) is 0 Å². The van der Waals surface area contributed by atoms with Crippen LogP contribution in [-0.2, 0) is 12.6 Å². The minimum absolute atomic E-state index is 0.00392. The van der Waals surface area contributed by atoms with Crippen molar-refractivity contribution in [1.82, 2.24) is 0 Å². The second-order valence-corrected chi connectivity index (χ2v) is 5.84. The van der Waals surface area contributed by atoms with Crippen LogP contribution in [0.1, 0.15) is 11.1 Å². The van der Waals surface area contributed by atoms with Crippen molar-refractivity contribution in [2.45, 2.75) is 12.6 Å². The maximum atomic E-state index is 13.0. The Bertz CT molecular complexity index is 788. The van der Waals surface area contributed by atoms with Gasteiger partial charge in [-0.2, -0.15) is 13.2 Å². The van der Waals surface area contributed by atoms with Crippen LogP contribution in [-0.4, -0.2) is 5.11 Å². The van der Waals surface area contributed by atoms with E-state index < -0.39 is 11.7 Å². The van der Waals surface area contributed by atoms with Gasteiger partial charge in [0.15, 0.2) is 5.11 Å². The first-order valence-corrected chi connectivity index (χ1v) is 7.69. The minimum Gasteiger partial charge on any atom is -0.376 e. The first kappa shape index (κ1) is 18.3. The van der Waals surface area contributed by atoms with Crippen LogP contribution in [0.4, 0.5) is 18.9 Å². The van der Waals surface area contributed by atoms with Gasteiger partial charge in [0.1, 0.15) is 0 Å². The lowest BCUT2D eigenvalue weighted by Crippen LogP contribution is -2.19. The highest BCUT2D eigenvalue weighted by atomic mass is 35.5. The Kier molecular flexibility index (Phi) is 5.51. The zero-order valence-electron chi connectivity index (χ0n) is 12.5. The second-order valence-electron chi connectivity index (χ2n) is 5.02. The van der Waals surface area contributed by atoms with Gasteiger partial charge in [-0.3, -0.25) is 0 Å². The molecule has 0 heterocycles. The van der Waals surface area contributed by atoms with Crippen molar-refractivity contribution in [2.75, 3.05) is 5.32 Å². The number of halogens is 4. The van der Waals surface area contributed by atoms with Gasteiger partial charge in [0.05, 0.1) is 10.6 Å². The number of benzene rings is 2. The standard InChI is InChI=1S/C17H14ClF3N2S/c1-2-4-10-7-8-13(23-16(22)24)14(15(10)18)11-5-3-6-12(9-11)17(19,20)21/h2-3,5-9H,1,4H2,(H3,22,23,24). The second kappa shape index (κ2) is 7.23. The summed E-state index contributed by atoms with van der Waals surface area (Å²) >= 11 is 11.3. The molecule has 0 saturated heterocycles. The number of allylic oxidation sites excluding steroid dienone is 1. The number of alkyl halides is 3. The van der Waals surface area contributed by atoms with Gasteiger partial charge in [-0.1, -0.05) is 35.9 Å². The number of rotatable bonds is 4. The van der Waals surface area contributed by atoms with Crippen molar-refractivity contribution in [3.05, 3.63) is 65.2 Å². The lowest BCUT2D eigenvalue weighted by molar-refractivity contribution is -0.137. The maximum Gasteiger partial charge on any atom is 0.416 e. The number of nitrogens with one attached hydrogen (secondary N) is 1. The molecule has 3 N–H and O–H groups in total. The highest BCUT2D eigenvalue weighted by molar-refractivity contribution is 7.80. The molecule has 0 aromatic heterocycles. The van der Waals surface area contributed by atoms with E-state index in [0.717, 1.165) is 17.7 Å². The Hall–Kier alpha value is -2.05. The van der Waals surface area contributed by atoms with Crippen molar-refractivity contribution < 1.29 is 13.2 Å². The third-order valence-electron chi connectivity index (χ3n) is 3.32. The molecule has 7 heteroatoms. The molecule has 2 aromatic carbocycles. The van der Waals surface area contributed by atoms with E-state index >= 15 is 0 Å². The molecule has 126 valence electrons. The number of thiocarbonyl (C=S) groups is 1. The lowest BCUT2D eigenvalue weighted by atomic mass is 9.97. The zero-order chi connectivity index (χ0) is 17.9. The molecule has 0 saturated carbocycles. The first-order valence-electron chi connectivity index (χ1n) is 6.90. The van der Waals surface area contributed by atoms with E-state index in [1.165, 1.54) is 6.07 Å². The van der Waals surface area contributed by atoms with Crippen molar-refractivity contribution in [3.8, 4) is 11.1 Å². The first-order chi connectivity index (χ1) is 11.2. The van der Waals surface area contributed by atoms with Crippen LogP contribution in [0.25, 0.3) is 11.1 Å². The van der Waals surface area contributed by atoms with Crippen LogP contribution in [0, 0.1) is 0 Å². The Balaban J connectivity index is 2.68. The number of hydrogen-bond donors (Lipinski definition) is 2. The van der Waals surface area contributed by atoms with Crippen molar-refractivity contribution >= 4 is 34.6 Å². The van der Waals surface area contributed by atoms with E-state index in [2.05, 4.69) is 11.9 Å². The van der Waals surface area contributed by atoms with Crippen molar-refractivity contribution in [2.24, 2.45) is 5.73 Å². The SMILES string of the molecule is C=CCc1ccc(NC(N)=S)c(-c2cccc(C(F)(F)F)c2)c1Cl. The summed E-state index contributed by atoms with van der Waals surface area (Å²) in [6.45, 7) is 3.65. The summed E-state index contributed by atoms with van der Waals surface area (Å²) < 4.78 is 39.0. The number of hydrogen-bond acceptors (Lipinski definition) is 1. The van der Waals surface area contributed by atoms with Gasteiger partial charge in [0, 0.05) is 11.3 Å². The molecule has 0 aliphatic carbocycles. The summed E-state index contributed by atoms with van der Waals surface area (Å²) in [4.78, 5) is 0. The van der Waals surface area contributed by atoms with Crippen LogP contribution in [0.15, 0.2) is 49.1 Å². The highest BCUT2D eigenvalue weighted by Crippen LogP contribution is 2.40. The fourth-order valence-corrected chi connectivity index (χ4v) is 2.76.